The van der Waals surface area contributed by atoms with E-state index in [1.165, 1.54) is 0 Å². The molecule has 1 atom stereocenters. The van der Waals surface area contributed by atoms with Gasteiger partial charge in [0, 0.05) is 17.6 Å². The Morgan fingerprint density at radius 1 is 1.12 bits per heavy atom. The van der Waals surface area contributed by atoms with E-state index in [0.29, 0.717) is 30.3 Å². The quantitative estimate of drug-likeness (QED) is 0.595. The van der Waals surface area contributed by atoms with E-state index < -0.39 is 5.54 Å². The molecule has 1 aliphatic rings. The fraction of sp³-hybridized carbons (Fsp3) is 0.370. The zero-order valence-electron chi connectivity index (χ0n) is 20.5. The van der Waals surface area contributed by atoms with Crippen molar-refractivity contribution in [3.05, 3.63) is 77.6 Å². The van der Waals surface area contributed by atoms with Crippen molar-refractivity contribution in [1.82, 2.24) is 15.1 Å². The molecule has 0 radical (unpaired) electrons. The Kier molecular flexibility index (Phi) is 6.21. The van der Waals surface area contributed by atoms with E-state index in [-0.39, 0.29) is 23.8 Å². The van der Waals surface area contributed by atoms with Crippen LogP contribution in [0.5, 0.6) is 5.75 Å². The van der Waals surface area contributed by atoms with Gasteiger partial charge in [0.05, 0.1) is 18.8 Å². The fourth-order valence-corrected chi connectivity index (χ4v) is 4.18. The van der Waals surface area contributed by atoms with Crippen molar-refractivity contribution in [2.24, 2.45) is 0 Å². The van der Waals surface area contributed by atoms with Gasteiger partial charge in [-0.1, -0.05) is 51.1 Å². The van der Waals surface area contributed by atoms with E-state index >= 15 is 0 Å². The Hall–Kier alpha value is -3.61. The monoisotopic (exact) mass is 460 g/mol. The molecule has 1 N–H and O–H groups in total. The van der Waals surface area contributed by atoms with Gasteiger partial charge >= 0.3 is 0 Å². The summed E-state index contributed by atoms with van der Waals surface area (Å²) >= 11 is 0. The zero-order valence-corrected chi connectivity index (χ0v) is 20.5. The van der Waals surface area contributed by atoms with Crippen LogP contribution in [0.2, 0.25) is 0 Å². The molecule has 0 spiro atoms. The molecule has 7 heteroatoms. The molecule has 2 heterocycles. The van der Waals surface area contributed by atoms with Crippen molar-refractivity contribution in [1.29, 1.82) is 0 Å². The first kappa shape index (κ1) is 23.5. The molecular weight excluding hydrogens is 428 g/mol. The molecule has 7 nitrogen and oxygen atoms in total. The molecule has 4 rings (SSSR count). The van der Waals surface area contributed by atoms with Crippen molar-refractivity contribution in [3.8, 4) is 5.75 Å². The summed E-state index contributed by atoms with van der Waals surface area (Å²) in [7, 11) is 0. The van der Waals surface area contributed by atoms with E-state index in [1.54, 1.807) is 16.5 Å². The lowest BCUT2D eigenvalue weighted by Crippen LogP contribution is -2.64. The molecule has 0 saturated carbocycles. The van der Waals surface area contributed by atoms with Crippen molar-refractivity contribution < 1.29 is 14.3 Å². The highest BCUT2D eigenvalue weighted by atomic mass is 16.5. The number of fused-ring (bicyclic) bond motifs is 1. The highest BCUT2D eigenvalue weighted by Crippen LogP contribution is 2.35. The molecule has 2 aromatic carbocycles. The lowest BCUT2D eigenvalue weighted by molar-refractivity contribution is -0.126. The first-order valence-electron chi connectivity index (χ1n) is 11.6. The van der Waals surface area contributed by atoms with E-state index in [9.17, 15) is 9.59 Å². The Bertz CT molecular complexity index is 1180. The van der Waals surface area contributed by atoms with Crippen LogP contribution in [-0.4, -0.2) is 33.7 Å². The Morgan fingerprint density at radius 2 is 1.79 bits per heavy atom. The van der Waals surface area contributed by atoms with Crippen LogP contribution in [0.25, 0.3) is 0 Å². The van der Waals surface area contributed by atoms with Crippen molar-refractivity contribution in [2.75, 3.05) is 11.5 Å². The largest absolute Gasteiger partial charge is 0.494 e. The fourth-order valence-electron chi connectivity index (χ4n) is 4.18. The van der Waals surface area contributed by atoms with Gasteiger partial charge in [0.25, 0.3) is 5.91 Å². The molecule has 34 heavy (non-hydrogen) atoms. The molecule has 1 aromatic heterocycles. The molecular formula is C27H32N4O3. The van der Waals surface area contributed by atoms with Gasteiger partial charge in [-0.3, -0.25) is 19.2 Å². The number of nitrogens with one attached hydrogen (secondary N) is 1. The van der Waals surface area contributed by atoms with Crippen LogP contribution in [-0.2, 0) is 23.3 Å². The SMILES string of the molecule is CCOc1ccc(N2C(=O)c3cc(C(C)(C)C)nn3C[C@]2(C)C(=O)NCc2ccccc2)cc1. The summed E-state index contributed by atoms with van der Waals surface area (Å²) in [6.45, 7) is 11.1. The Balaban J connectivity index is 1.73. The van der Waals surface area contributed by atoms with Crippen molar-refractivity contribution in [3.63, 3.8) is 0 Å². The second-order valence-electron chi connectivity index (χ2n) is 9.83. The second kappa shape index (κ2) is 8.97. The smallest absolute Gasteiger partial charge is 0.277 e. The van der Waals surface area contributed by atoms with Gasteiger partial charge in [0.1, 0.15) is 17.0 Å². The normalized spacial score (nSPS) is 17.9. The van der Waals surface area contributed by atoms with Gasteiger partial charge in [-0.05, 0) is 49.7 Å². The van der Waals surface area contributed by atoms with Crippen LogP contribution < -0.4 is 15.0 Å². The number of anilines is 1. The van der Waals surface area contributed by atoms with Gasteiger partial charge in [0.15, 0.2) is 0 Å². The summed E-state index contributed by atoms with van der Waals surface area (Å²) in [4.78, 5) is 29.0. The van der Waals surface area contributed by atoms with Crippen LogP contribution in [0.1, 0.15) is 56.4 Å². The van der Waals surface area contributed by atoms with Crippen LogP contribution in [0.3, 0.4) is 0 Å². The number of carbonyl (C=O) groups is 2. The number of ether oxygens (including phenoxy) is 1. The molecule has 0 bridgehead atoms. The zero-order chi connectivity index (χ0) is 24.5. The first-order chi connectivity index (χ1) is 16.1. The maximum atomic E-state index is 13.8. The molecule has 0 saturated heterocycles. The third-order valence-corrected chi connectivity index (χ3v) is 6.11. The predicted octanol–water partition coefficient (Wildman–Crippen LogP) is 4.31. The van der Waals surface area contributed by atoms with Crippen molar-refractivity contribution >= 4 is 17.5 Å². The third kappa shape index (κ3) is 4.42. The molecule has 0 unspecified atom stereocenters. The summed E-state index contributed by atoms with van der Waals surface area (Å²) in [5, 5.41) is 7.73. The molecule has 1 aliphatic heterocycles. The Morgan fingerprint density at radius 3 is 2.41 bits per heavy atom. The van der Waals surface area contributed by atoms with Crippen LogP contribution >= 0.6 is 0 Å². The maximum Gasteiger partial charge on any atom is 0.277 e. The Labute approximate surface area is 200 Å². The average molecular weight is 461 g/mol. The second-order valence-corrected chi connectivity index (χ2v) is 9.83. The number of carbonyl (C=O) groups excluding carboxylic acids is 2. The standard InChI is InChI=1S/C27H32N4O3/c1-6-34-21-14-12-20(13-15-21)31-24(32)22-16-23(26(2,3)4)29-30(22)18-27(31,5)25(33)28-17-19-10-8-7-9-11-19/h7-16H,6,17-18H2,1-5H3,(H,28,33)/t27-/m1/s1. The number of rotatable bonds is 6. The van der Waals surface area contributed by atoms with Gasteiger partial charge in [-0.25, -0.2) is 0 Å². The van der Waals surface area contributed by atoms with E-state index in [1.807, 2.05) is 67.6 Å². The summed E-state index contributed by atoms with van der Waals surface area (Å²) < 4.78 is 7.24. The molecule has 3 aromatic rings. The van der Waals surface area contributed by atoms with Crippen LogP contribution in [0.4, 0.5) is 5.69 Å². The number of amides is 2. The number of benzene rings is 2. The third-order valence-electron chi connectivity index (χ3n) is 6.11. The van der Waals surface area contributed by atoms with Gasteiger partial charge in [0.2, 0.25) is 5.91 Å². The highest BCUT2D eigenvalue weighted by molar-refractivity contribution is 6.11. The van der Waals surface area contributed by atoms with Gasteiger partial charge in [-0.15, -0.1) is 0 Å². The number of hydrogen-bond donors (Lipinski definition) is 1. The van der Waals surface area contributed by atoms with Gasteiger partial charge in [-0.2, -0.15) is 5.10 Å². The molecule has 0 aliphatic carbocycles. The minimum absolute atomic E-state index is 0.222. The summed E-state index contributed by atoms with van der Waals surface area (Å²) in [5.74, 6) is 0.221. The summed E-state index contributed by atoms with van der Waals surface area (Å²) in [6, 6.07) is 18.8. The molecule has 2 amide bonds. The molecule has 178 valence electrons. The van der Waals surface area contributed by atoms with Crippen molar-refractivity contribution in [2.45, 2.75) is 58.7 Å². The van der Waals surface area contributed by atoms with Crippen LogP contribution in [0.15, 0.2) is 60.7 Å². The average Bonchev–Trinajstić information content (AvgIpc) is 3.24. The molecule has 0 fully saturated rings. The lowest BCUT2D eigenvalue weighted by Gasteiger charge is -2.43. The van der Waals surface area contributed by atoms with Crippen LogP contribution in [0, 0.1) is 0 Å². The highest BCUT2D eigenvalue weighted by Gasteiger charge is 2.49. The van der Waals surface area contributed by atoms with E-state index in [4.69, 9.17) is 9.84 Å². The van der Waals surface area contributed by atoms with Gasteiger partial charge < -0.3 is 10.1 Å². The lowest BCUT2D eigenvalue weighted by atomic mass is 9.91. The number of hydrogen-bond acceptors (Lipinski definition) is 4. The minimum Gasteiger partial charge on any atom is -0.494 e. The summed E-state index contributed by atoms with van der Waals surface area (Å²) in [6.07, 6.45) is 0. The topological polar surface area (TPSA) is 76.5 Å². The number of nitrogens with zero attached hydrogens (tertiary/aromatic N) is 3. The minimum atomic E-state index is -1.17. The van der Waals surface area contributed by atoms with E-state index in [2.05, 4.69) is 26.1 Å². The first-order valence-corrected chi connectivity index (χ1v) is 11.6. The van der Waals surface area contributed by atoms with E-state index in [0.717, 1.165) is 11.3 Å². The predicted molar refractivity (Wildman–Crippen MR) is 132 cm³/mol. The maximum absolute atomic E-state index is 13.8. The summed E-state index contributed by atoms with van der Waals surface area (Å²) in [5.41, 5.74) is 1.52. The number of aromatic nitrogens is 2.